The SMILES string of the molecule is FC(F)(F)c1ncccc1-c1noc(C2CC2)c1/C=C/C1CC2(CNC2)C1. The quantitative estimate of drug-likeness (QED) is 0.845. The van der Waals surface area contributed by atoms with E-state index in [-0.39, 0.29) is 17.2 Å². The fourth-order valence-electron chi connectivity index (χ4n) is 4.32. The molecule has 3 aliphatic rings. The highest BCUT2D eigenvalue weighted by Gasteiger charge is 2.47. The van der Waals surface area contributed by atoms with E-state index in [4.69, 9.17) is 4.52 Å². The van der Waals surface area contributed by atoms with Gasteiger partial charge in [0.2, 0.25) is 0 Å². The van der Waals surface area contributed by atoms with Gasteiger partial charge in [-0.1, -0.05) is 17.3 Å². The van der Waals surface area contributed by atoms with Gasteiger partial charge in [0, 0.05) is 36.3 Å². The predicted octanol–water partition coefficient (Wildman–Crippen LogP) is 4.65. The molecule has 27 heavy (non-hydrogen) atoms. The molecule has 2 saturated carbocycles. The Morgan fingerprint density at radius 3 is 2.63 bits per heavy atom. The van der Waals surface area contributed by atoms with Crippen LogP contribution in [0.2, 0.25) is 0 Å². The average Bonchev–Trinajstić information content (AvgIpc) is 3.31. The van der Waals surface area contributed by atoms with Gasteiger partial charge >= 0.3 is 6.18 Å². The standard InChI is InChI=1S/C20H20F3N3O/c21-20(22,23)18-15(2-1-7-25-18)16-14(17(27-26-16)13-4-5-13)6-3-12-8-19(9-12)10-24-11-19/h1-3,6-7,12-13,24H,4-5,8-11H2/b6-3+. The Labute approximate surface area is 154 Å². The maximum Gasteiger partial charge on any atom is 0.434 e. The summed E-state index contributed by atoms with van der Waals surface area (Å²) in [6.45, 7) is 2.15. The molecule has 0 aromatic carbocycles. The van der Waals surface area contributed by atoms with Crippen LogP contribution in [0.15, 0.2) is 28.9 Å². The summed E-state index contributed by atoms with van der Waals surface area (Å²) >= 11 is 0. The van der Waals surface area contributed by atoms with Crippen molar-refractivity contribution in [3.8, 4) is 11.3 Å². The van der Waals surface area contributed by atoms with Gasteiger partial charge in [-0.25, -0.2) is 0 Å². The zero-order valence-electron chi connectivity index (χ0n) is 14.7. The van der Waals surface area contributed by atoms with Gasteiger partial charge in [-0.3, -0.25) is 4.98 Å². The second-order valence-corrected chi connectivity index (χ2v) is 8.11. The maximum absolute atomic E-state index is 13.4. The van der Waals surface area contributed by atoms with Crippen LogP contribution in [0.5, 0.6) is 0 Å². The molecule has 1 spiro atoms. The summed E-state index contributed by atoms with van der Waals surface area (Å²) in [4.78, 5) is 3.56. The van der Waals surface area contributed by atoms with Crippen molar-refractivity contribution in [1.82, 2.24) is 15.5 Å². The van der Waals surface area contributed by atoms with E-state index in [0.717, 1.165) is 45.0 Å². The molecule has 1 aliphatic heterocycles. The second kappa shape index (κ2) is 5.92. The molecule has 0 radical (unpaired) electrons. The van der Waals surface area contributed by atoms with Crippen LogP contribution in [0.25, 0.3) is 17.3 Å². The van der Waals surface area contributed by atoms with Crippen molar-refractivity contribution in [3.05, 3.63) is 41.4 Å². The summed E-state index contributed by atoms with van der Waals surface area (Å²) in [6.07, 6.45) is 4.93. The molecule has 1 N–H and O–H groups in total. The molecule has 0 bridgehead atoms. The van der Waals surface area contributed by atoms with E-state index in [9.17, 15) is 13.2 Å². The molecule has 0 atom stereocenters. The molecular weight excluding hydrogens is 355 g/mol. The predicted molar refractivity (Wildman–Crippen MR) is 93.8 cm³/mol. The third-order valence-corrected chi connectivity index (χ3v) is 5.96. The van der Waals surface area contributed by atoms with Crippen LogP contribution in [0.1, 0.15) is 48.6 Å². The number of rotatable bonds is 4. The van der Waals surface area contributed by atoms with Crippen molar-refractivity contribution in [3.63, 3.8) is 0 Å². The Kier molecular flexibility index (Phi) is 3.73. The summed E-state index contributed by atoms with van der Waals surface area (Å²) in [5.74, 6) is 1.44. The molecule has 7 heteroatoms. The number of allylic oxidation sites excluding steroid dienone is 1. The Morgan fingerprint density at radius 1 is 1.22 bits per heavy atom. The molecule has 0 unspecified atom stereocenters. The van der Waals surface area contributed by atoms with Gasteiger partial charge in [-0.05, 0) is 49.1 Å². The molecule has 2 aromatic heterocycles. The Morgan fingerprint density at radius 2 is 2.00 bits per heavy atom. The van der Waals surface area contributed by atoms with Crippen molar-refractivity contribution >= 4 is 6.08 Å². The number of hydrogen-bond donors (Lipinski definition) is 1. The normalized spacial score (nSPS) is 22.2. The number of halogens is 3. The topological polar surface area (TPSA) is 51.0 Å². The lowest BCUT2D eigenvalue weighted by Crippen LogP contribution is -2.59. The van der Waals surface area contributed by atoms with Gasteiger partial charge in [0.05, 0.1) is 0 Å². The first kappa shape index (κ1) is 17.0. The van der Waals surface area contributed by atoms with Crippen molar-refractivity contribution < 1.29 is 17.7 Å². The highest BCUT2D eigenvalue weighted by atomic mass is 19.4. The third kappa shape index (κ3) is 2.98. The van der Waals surface area contributed by atoms with E-state index in [1.807, 2.05) is 6.08 Å². The molecule has 142 valence electrons. The molecule has 2 aromatic rings. The third-order valence-electron chi connectivity index (χ3n) is 5.96. The molecule has 4 nitrogen and oxygen atoms in total. The van der Waals surface area contributed by atoms with Gasteiger partial charge < -0.3 is 9.84 Å². The zero-order valence-corrected chi connectivity index (χ0v) is 14.7. The lowest BCUT2D eigenvalue weighted by molar-refractivity contribution is -0.140. The largest absolute Gasteiger partial charge is 0.434 e. The van der Waals surface area contributed by atoms with Gasteiger partial charge in [0.15, 0.2) is 5.69 Å². The van der Waals surface area contributed by atoms with Crippen LogP contribution in [0.4, 0.5) is 13.2 Å². The molecule has 1 saturated heterocycles. The Bertz CT molecular complexity index is 886. The van der Waals surface area contributed by atoms with E-state index in [2.05, 4.69) is 21.5 Å². The average molecular weight is 375 g/mol. The first-order chi connectivity index (χ1) is 13.0. The Balaban J connectivity index is 1.49. The van der Waals surface area contributed by atoms with Crippen molar-refractivity contribution in [2.24, 2.45) is 11.3 Å². The summed E-state index contributed by atoms with van der Waals surface area (Å²) in [6, 6.07) is 2.92. The van der Waals surface area contributed by atoms with E-state index >= 15 is 0 Å². The van der Waals surface area contributed by atoms with Crippen molar-refractivity contribution in [2.45, 2.75) is 37.8 Å². The fraction of sp³-hybridized carbons (Fsp3) is 0.500. The molecule has 5 rings (SSSR count). The number of nitrogens with zero attached hydrogens (tertiary/aromatic N) is 2. The summed E-state index contributed by atoms with van der Waals surface area (Å²) < 4.78 is 45.7. The van der Waals surface area contributed by atoms with E-state index in [1.165, 1.54) is 12.1 Å². The lowest BCUT2D eigenvalue weighted by atomic mass is 9.58. The summed E-state index contributed by atoms with van der Waals surface area (Å²) in [5, 5.41) is 7.34. The van der Waals surface area contributed by atoms with Gasteiger partial charge in [0.1, 0.15) is 11.5 Å². The monoisotopic (exact) mass is 375 g/mol. The smallest absolute Gasteiger partial charge is 0.360 e. The molecule has 3 heterocycles. The van der Waals surface area contributed by atoms with Crippen molar-refractivity contribution in [1.29, 1.82) is 0 Å². The molecule has 0 amide bonds. The first-order valence-electron chi connectivity index (χ1n) is 9.36. The van der Waals surface area contributed by atoms with E-state index in [0.29, 0.717) is 22.7 Å². The number of alkyl halides is 3. The van der Waals surface area contributed by atoms with Crippen LogP contribution in [-0.4, -0.2) is 23.2 Å². The molecular formula is C20H20F3N3O. The van der Waals surface area contributed by atoms with Crippen LogP contribution in [0.3, 0.4) is 0 Å². The highest BCUT2D eigenvalue weighted by Crippen LogP contribution is 2.50. The van der Waals surface area contributed by atoms with Crippen LogP contribution >= 0.6 is 0 Å². The van der Waals surface area contributed by atoms with Crippen LogP contribution < -0.4 is 5.32 Å². The Hall–Kier alpha value is -2.15. The second-order valence-electron chi connectivity index (χ2n) is 8.11. The number of aromatic nitrogens is 2. The van der Waals surface area contributed by atoms with Crippen molar-refractivity contribution in [2.75, 3.05) is 13.1 Å². The zero-order chi connectivity index (χ0) is 18.6. The van der Waals surface area contributed by atoms with Gasteiger partial charge in [-0.2, -0.15) is 13.2 Å². The molecule has 3 fully saturated rings. The van der Waals surface area contributed by atoms with Gasteiger partial charge in [0.25, 0.3) is 0 Å². The highest BCUT2D eigenvalue weighted by molar-refractivity contribution is 5.75. The lowest BCUT2D eigenvalue weighted by Gasteiger charge is -2.53. The first-order valence-corrected chi connectivity index (χ1v) is 9.36. The minimum Gasteiger partial charge on any atom is -0.360 e. The minimum atomic E-state index is -4.53. The number of hydrogen-bond acceptors (Lipinski definition) is 4. The number of nitrogens with one attached hydrogen (secondary N) is 1. The van der Waals surface area contributed by atoms with Gasteiger partial charge in [-0.15, -0.1) is 0 Å². The fourth-order valence-corrected chi connectivity index (χ4v) is 4.32. The summed E-state index contributed by atoms with van der Waals surface area (Å²) in [5.41, 5.74) is 0.446. The van der Waals surface area contributed by atoms with Crippen LogP contribution in [-0.2, 0) is 6.18 Å². The summed E-state index contributed by atoms with van der Waals surface area (Å²) in [7, 11) is 0. The van der Waals surface area contributed by atoms with E-state index in [1.54, 1.807) is 0 Å². The van der Waals surface area contributed by atoms with Crippen LogP contribution in [0, 0.1) is 11.3 Å². The molecule has 2 aliphatic carbocycles. The number of pyridine rings is 1. The maximum atomic E-state index is 13.4. The van der Waals surface area contributed by atoms with E-state index < -0.39 is 11.9 Å². The minimum absolute atomic E-state index is 0.0198.